The number of rotatable bonds is 9. The van der Waals surface area contributed by atoms with Crippen LogP contribution in [-0.4, -0.2) is 111 Å². The van der Waals surface area contributed by atoms with Gasteiger partial charge in [-0.25, -0.2) is 4.52 Å². The Kier molecular flexibility index (Phi) is 9.58. The maximum atomic E-state index is 14.7. The summed E-state index contributed by atoms with van der Waals surface area (Å²) in [6, 6.07) is 25.6. The highest BCUT2D eigenvalue weighted by atomic mass is 16.3. The summed E-state index contributed by atoms with van der Waals surface area (Å²) in [6.45, 7) is 8.25. The number of pyridine rings is 1. The summed E-state index contributed by atoms with van der Waals surface area (Å²) in [6.07, 6.45) is 9.53. The molecular formula is C46H51N9O4. The van der Waals surface area contributed by atoms with Gasteiger partial charge in [-0.3, -0.25) is 19.7 Å². The lowest BCUT2D eigenvalue weighted by atomic mass is 9.68. The molecule has 5 fully saturated rings. The second kappa shape index (κ2) is 15.1. The number of fused-ring (bicyclic) bond motifs is 1. The van der Waals surface area contributed by atoms with Gasteiger partial charge in [-0.2, -0.15) is 15.3 Å². The van der Waals surface area contributed by atoms with Crippen molar-refractivity contribution in [2.75, 3.05) is 68.7 Å². The highest BCUT2D eigenvalue weighted by Crippen LogP contribution is 2.45. The van der Waals surface area contributed by atoms with Gasteiger partial charge in [-0.15, -0.1) is 0 Å². The number of amides is 3. The van der Waals surface area contributed by atoms with Crippen LogP contribution in [0.3, 0.4) is 0 Å². The van der Waals surface area contributed by atoms with E-state index < -0.39 is 5.41 Å². The van der Waals surface area contributed by atoms with E-state index in [0.29, 0.717) is 55.9 Å². The maximum Gasteiger partial charge on any atom is 0.235 e. The van der Waals surface area contributed by atoms with Gasteiger partial charge in [0, 0.05) is 81.6 Å². The monoisotopic (exact) mass is 793 g/mol. The molecule has 8 heterocycles. The second-order valence-corrected chi connectivity index (χ2v) is 17.7. The van der Waals surface area contributed by atoms with Crippen LogP contribution >= 0.6 is 0 Å². The fraction of sp³-hybridized carbons (Fsp3) is 0.435. The summed E-state index contributed by atoms with van der Waals surface area (Å²) in [7, 11) is 0. The van der Waals surface area contributed by atoms with Crippen LogP contribution in [-0.2, 0) is 19.8 Å². The number of likely N-dealkylation sites (tertiary alicyclic amines) is 2. The normalized spacial score (nSPS) is 22.0. The summed E-state index contributed by atoms with van der Waals surface area (Å²) >= 11 is 0. The average molecular weight is 794 g/mol. The molecule has 1 atom stereocenters. The van der Waals surface area contributed by atoms with E-state index in [1.54, 1.807) is 18.3 Å². The maximum absolute atomic E-state index is 14.7. The molecule has 13 heteroatoms. The summed E-state index contributed by atoms with van der Waals surface area (Å²) in [5, 5.41) is 26.5. The Balaban J connectivity index is 0.728. The largest absolute Gasteiger partial charge is 0.507 e. The van der Waals surface area contributed by atoms with Gasteiger partial charge in [0.2, 0.25) is 17.7 Å². The van der Waals surface area contributed by atoms with E-state index >= 15 is 0 Å². The van der Waals surface area contributed by atoms with E-state index in [1.165, 1.54) is 24.9 Å². The Bertz CT molecular complexity index is 2330. The molecule has 5 aliphatic rings. The lowest BCUT2D eigenvalue weighted by Gasteiger charge is -2.61. The Labute approximate surface area is 344 Å². The fourth-order valence-electron chi connectivity index (χ4n) is 10.5. The number of benzene rings is 2. The zero-order valence-corrected chi connectivity index (χ0v) is 33.4. The SMILES string of the molecule is O=C1CC[C@H](c2ccc(N3CCC(CCN4CC5(C4)CN(C(=O)C4(c6cc7ccccn7n6)CCN(c6cnnc(-c7ccccc7O)c6)CC4)C5)CC3)cc2)C(=O)N1. The molecule has 0 saturated carbocycles. The van der Waals surface area contributed by atoms with Crippen LogP contribution in [0.4, 0.5) is 11.4 Å². The number of nitrogens with zero attached hydrogens (tertiary/aromatic N) is 8. The van der Waals surface area contributed by atoms with Crippen molar-refractivity contribution in [2.24, 2.45) is 11.3 Å². The van der Waals surface area contributed by atoms with E-state index in [2.05, 4.69) is 65.4 Å². The molecule has 0 bridgehead atoms. The first-order valence-corrected chi connectivity index (χ1v) is 21.3. The highest BCUT2D eigenvalue weighted by Gasteiger charge is 2.57. The van der Waals surface area contributed by atoms with Crippen LogP contribution in [0.5, 0.6) is 5.75 Å². The van der Waals surface area contributed by atoms with Crippen molar-refractivity contribution >= 4 is 34.6 Å². The third-order valence-corrected chi connectivity index (χ3v) is 13.9. The molecule has 2 N–H and O–H groups in total. The van der Waals surface area contributed by atoms with E-state index in [4.69, 9.17) is 5.10 Å². The van der Waals surface area contributed by atoms with Crippen molar-refractivity contribution in [3.63, 3.8) is 0 Å². The summed E-state index contributed by atoms with van der Waals surface area (Å²) in [5.41, 5.74) is 5.69. The van der Waals surface area contributed by atoms with Crippen molar-refractivity contribution in [1.29, 1.82) is 0 Å². The number of nitrogens with one attached hydrogen (secondary N) is 1. The Morgan fingerprint density at radius 3 is 2.32 bits per heavy atom. The van der Waals surface area contributed by atoms with Crippen molar-refractivity contribution in [3.05, 3.63) is 103 Å². The number of hydrogen-bond donors (Lipinski definition) is 2. The number of phenolic OH excluding ortho intramolecular Hbond substituents is 1. The van der Waals surface area contributed by atoms with Crippen LogP contribution in [0.25, 0.3) is 16.8 Å². The number of para-hydroxylation sites is 1. The standard InChI is InChI=1S/C46H51N9O4/c56-40-7-2-1-6-38(40)39-25-36(27-47-49-39)53-23-17-46(18-24-53,41-26-35-5-3-4-19-55(35)50-41)44(59)54-30-45(31-54)28-51(29-45)20-14-32-15-21-52(22-16-32)34-10-8-33(9-11-34)37-12-13-42(57)48-43(37)58/h1-11,19,25-27,32,37,56H,12-18,20-24,28-31H2,(H,48,57,58)/t37-/m1/s1. The number of piperidine rings is 3. The summed E-state index contributed by atoms with van der Waals surface area (Å²) < 4.78 is 1.89. The number of imide groups is 1. The smallest absolute Gasteiger partial charge is 0.235 e. The minimum atomic E-state index is -0.709. The van der Waals surface area contributed by atoms with Crippen LogP contribution in [0.2, 0.25) is 0 Å². The molecule has 5 aliphatic heterocycles. The molecule has 5 saturated heterocycles. The first kappa shape index (κ1) is 37.5. The molecule has 5 aromatic rings. The van der Waals surface area contributed by atoms with E-state index in [1.807, 2.05) is 47.1 Å². The molecule has 0 aliphatic carbocycles. The number of carbonyl (C=O) groups is 3. The fourth-order valence-corrected chi connectivity index (χ4v) is 10.5. The lowest BCUT2D eigenvalue weighted by molar-refractivity contribution is -0.166. The van der Waals surface area contributed by atoms with E-state index in [9.17, 15) is 19.5 Å². The van der Waals surface area contributed by atoms with Crippen molar-refractivity contribution in [1.82, 2.24) is 34.9 Å². The molecule has 3 aromatic heterocycles. The van der Waals surface area contributed by atoms with Gasteiger partial charge in [0.25, 0.3) is 0 Å². The number of carbonyl (C=O) groups excluding carboxylic acids is 3. The topological polar surface area (TPSA) is 140 Å². The van der Waals surface area contributed by atoms with Crippen molar-refractivity contribution in [2.45, 2.75) is 56.3 Å². The molecule has 1 spiro atoms. The highest BCUT2D eigenvalue weighted by molar-refractivity contribution is 6.01. The van der Waals surface area contributed by atoms with Crippen molar-refractivity contribution in [3.8, 4) is 17.0 Å². The summed E-state index contributed by atoms with van der Waals surface area (Å²) in [4.78, 5) is 48.1. The first-order chi connectivity index (χ1) is 28.7. The van der Waals surface area contributed by atoms with E-state index in [0.717, 1.165) is 68.3 Å². The van der Waals surface area contributed by atoms with Gasteiger partial charge in [0.05, 0.1) is 40.1 Å². The number of anilines is 2. The van der Waals surface area contributed by atoms with Gasteiger partial charge in [0.15, 0.2) is 0 Å². The second-order valence-electron chi connectivity index (χ2n) is 17.7. The molecular weight excluding hydrogens is 743 g/mol. The predicted octanol–water partition coefficient (Wildman–Crippen LogP) is 5.01. The third-order valence-electron chi connectivity index (χ3n) is 13.9. The van der Waals surface area contributed by atoms with Gasteiger partial charge < -0.3 is 24.7 Å². The number of aromatic hydroxyl groups is 1. The predicted molar refractivity (Wildman–Crippen MR) is 224 cm³/mol. The molecule has 10 rings (SSSR count). The lowest BCUT2D eigenvalue weighted by Crippen LogP contribution is -2.74. The van der Waals surface area contributed by atoms with E-state index in [-0.39, 0.29) is 34.8 Å². The molecule has 59 heavy (non-hydrogen) atoms. The number of phenols is 1. The number of hydrogen-bond acceptors (Lipinski definition) is 10. The first-order valence-electron chi connectivity index (χ1n) is 21.3. The minimum absolute atomic E-state index is 0.169. The molecule has 3 amide bonds. The van der Waals surface area contributed by atoms with Gasteiger partial charge in [-0.1, -0.05) is 30.3 Å². The molecule has 0 unspecified atom stereocenters. The van der Waals surface area contributed by atoms with Crippen LogP contribution in [0.1, 0.15) is 62.1 Å². The zero-order valence-electron chi connectivity index (χ0n) is 33.4. The Morgan fingerprint density at radius 2 is 1.58 bits per heavy atom. The molecule has 304 valence electrons. The Morgan fingerprint density at radius 1 is 0.831 bits per heavy atom. The minimum Gasteiger partial charge on any atom is -0.507 e. The Hall–Kier alpha value is -5.82. The van der Waals surface area contributed by atoms with Gasteiger partial charge >= 0.3 is 0 Å². The quantitative estimate of drug-likeness (QED) is 0.196. The molecule has 13 nitrogen and oxygen atoms in total. The third kappa shape index (κ3) is 7.08. The molecule has 0 radical (unpaired) electrons. The van der Waals surface area contributed by atoms with Gasteiger partial charge in [0.1, 0.15) is 5.75 Å². The van der Waals surface area contributed by atoms with Crippen LogP contribution in [0, 0.1) is 11.3 Å². The van der Waals surface area contributed by atoms with Gasteiger partial charge in [-0.05, 0) is 105 Å². The average Bonchev–Trinajstić information content (AvgIpc) is 3.68. The number of aromatic nitrogens is 4. The summed E-state index contributed by atoms with van der Waals surface area (Å²) in [5.74, 6) is 0.467. The van der Waals surface area contributed by atoms with Crippen LogP contribution < -0.4 is 15.1 Å². The molecule has 2 aromatic carbocycles. The van der Waals surface area contributed by atoms with Crippen LogP contribution in [0.15, 0.2) is 91.3 Å². The van der Waals surface area contributed by atoms with Crippen molar-refractivity contribution < 1.29 is 19.5 Å². The zero-order chi connectivity index (χ0) is 40.1.